The van der Waals surface area contributed by atoms with Crippen molar-refractivity contribution in [3.63, 3.8) is 0 Å². The Morgan fingerprint density at radius 2 is 1.14 bits per heavy atom. The van der Waals surface area contributed by atoms with E-state index in [0.29, 0.717) is 13.0 Å². The molecule has 0 aromatic heterocycles. The van der Waals surface area contributed by atoms with E-state index in [1.54, 1.807) is 0 Å². The molecule has 0 aliphatic carbocycles. The Morgan fingerprint density at radius 3 is 1.75 bits per heavy atom. The molecule has 56 heavy (non-hydrogen) atoms. The van der Waals surface area contributed by atoms with Crippen molar-refractivity contribution in [2.24, 2.45) is 0 Å². The number of hydrogen-bond donors (Lipinski definition) is 7. The number of unbranched alkanes of at least 4 members (excludes halogenated alkanes) is 8. The van der Waals surface area contributed by atoms with Gasteiger partial charge in [-0.15, -0.1) is 0 Å². The summed E-state index contributed by atoms with van der Waals surface area (Å²) >= 11 is 0. The van der Waals surface area contributed by atoms with Crippen LogP contribution in [0.15, 0.2) is 48.6 Å². The first kappa shape index (κ1) is 50.1. The third-order valence-electron chi connectivity index (χ3n) is 9.60. The minimum Gasteiger partial charge on any atom is -0.457 e. The predicted molar refractivity (Wildman–Crippen MR) is 210 cm³/mol. The lowest BCUT2D eigenvalue weighted by Crippen LogP contribution is -2.61. The van der Waals surface area contributed by atoms with Crippen molar-refractivity contribution in [1.82, 2.24) is 0 Å². The molecule has 0 aromatic rings. The summed E-state index contributed by atoms with van der Waals surface area (Å²) in [6.07, 6.45) is 16.1. The van der Waals surface area contributed by atoms with Crippen LogP contribution in [0.3, 0.4) is 0 Å². The molecule has 14 nitrogen and oxygen atoms in total. The van der Waals surface area contributed by atoms with Crippen molar-refractivity contribution in [2.75, 3.05) is 33.0 Å². The van der Waals surface area contributed by atoms with Gasteiger partial charge in [-0.2, -0.15) is 0 Å². The van der Waals surface area contributed by atoms with E-state index in [1.165, 1.54) is 25.7 Å². The lowest BCUT2D eigenvalue weighted by Gasteiger charge is -2.42. The van der Waals surface area contributed by atoms with Crippen molar-refractivity contribution in [3.05, 3.63) is 48.6 Å². The number of ether oxygens (including phenoxy) is 6. The molecule has 2 aliphatic heterocycles. The van der Waals surface area contributed by atoms with Crippen molar-refractivity contribution < 1.29 is 69.0 Å². The number of esters is 1. The summed E-state index contributed by atoms with van der Waals surface area (Å²) < 4.78 is 33.6. The molecular weight excluding hydrogens is 728 g/mol. The number of allylic oxidation sites excluding steroid dienone is 8. The average molecular weight is 801 g/mol. The van der Waals surface area contributed by atoms with Crippen LogP contribution >= 0.6 is 0 Å². The largest absolute Gasteiger partial charge is 0.457 e. The van der Waals surface area contributed by atoms with Gasteiger partial charge in [-0.3, -0.25) is 4.79 Å². The second-order valence-electron chi connectivity index (χ2n) is 14.4. The zero-order valence-electron chi connectivity index (χ0n) is 33.6. The van der Waals surface area contributed by atoms with E-state index in [4.69, 9.17) is 28.4 Å². The molecule has 2 rings (SSSR count). The standard InChI is InChI=1S/C42H72O14/c1-3-5-7-8-9-10-11-12-13-14-15-16-17-18-19-20-21-22-23-24-26-51-28-31(54-34(44)25-6-4-2)29-52-41-40(50)38(48)36(46)33(56-41)30-53-42-39(49)37(47)35(45)32(27-43)55-42/h5,7,9-10,12-13,15-16,31-33,35-43,45-50H,3-4,6,8,11,14,17-30H2,1-2H3/b7-5-,10-9-,13-12-,16-15-. The molecule has 0 amide bonds. The summed E-state index contributed by atoms with van der Waals surface area (Å²) in [5.74, 6) is -0.419. The third-order valence-corrected chi connectivity index (χ3v) is 9.60. The number of carbonyl (C=O) groups excluding carboxylic acids is 1. The fraction of sp³-hybridized carbons (Fsp3) is 0.786. The highest BCUT2D eigenvalue weighted by molar-refractivity contribution is 5.69. The first-order valence-corrected chi connectivity index (χ1v) is 20.7. The van der Waals surface area contributed by atoms with E-state index in [9.17, 15) is 40.5 Å². The Labute approximate surface area is 333 Å². The number of carbonyl (C=O) groups is 1. The lowest BCUT2D eigenvalue weighted by molar-refractivity contribution is -0.332. The summed E-state index contributed by atoms with van der Waals surface area (Å²) in [6.45, 7) is 3.25. The lowest BCUT2D eigenvalue weighted by atomic mass is 9.98. The smallest absolute Gasteiger partial charge is 0.306 e. The SMILES string of the molecule is CC/C=C\C/C=C\C/C=C\C/C=C\CCCCCCCCCOCC(COC1OC(COC2OC(CO)C(O)C(O)C2O)C(O)C(O)C1O)OC(=O)CCCC. The van der Waals surface area contributed by atoms with Crippen LogP contribution in [0.5, 0.6) is 0 Å². The summed E-state index contributed by atoms with van der Waals surface area (Å²) in [7, 11) is 0. The number of aliphatic hydroxyl groups is 7. The van der Waals surface area contributed by atoms with Crippen LogP contribution < -0.4 is 0 Å². The van der Waals surface area contributed by atoms with Gasteiger partial charge in [-0.1, -0.05) is 101 Å². The summed E-state index contributed by atoms with van der Waals surface area (Å²) in [6, 6.07) is 0. The molecule has 2 aliphatic rings. The summed E-state index contributed by atoms with van der Waals surface area (Å²) in [4.78, 5) is 12.5. The topological polar surface area (TPSA) is 214 Å². The first-order valence-electron chi connectivity index (χ1n) is 20.7. The average Bonchev–Trinajstić information content (AvgIpc) is 3.19. The minimum atomic E-state index is -1.70. The molecule has 0 radical (unpaired) electrons. The second-order valence-corrected chi connectivity index (χ2v) is 14.4. The molecular formula is C42H72O14. The van der Waals surface area contributed by atoms with Gasteiger partial charge >= 0.3 is 5.97 Å². The highest BCUT2D eigenvalue weighted by Crippen LogP contribution is 2.26. The van der Waals surface area contributed by atoms with E-state index in [1.807, 2.05) is 6.92 Å². The van der Waals surface area contributed by atoms with E-state index < -0.39 is 86.7 Å². The van der Waals surface area contributed by atoms with Gasteiger partial charge in [0.25, 0.3) is 0 Å². The zero-order chi connectivity index (χ0) is 41.0. The summed E-state index contributed by atoms with van der Waals surface area (Å²) in [5, 5.41) is 71.3. The van der Waals surface area contributed by atoms with Gasteiger partial charge in [-0.25, -0.2) is 0 Å². The zero-order valence-corrected chi connectivity index (χ0v) is 33.6. The second kappa shape index (κ2) is 30.9. The van der Waals surface area contributed by atoms with E-state index in [2.05, 4.69) is 55.5 Å². The quantitative estimate of drug-likeness (QED) is 0.0314. The number of rotatable bonds is 30. The van der Waals surface area contributed by atoms with Crippen LogP contribution in [0.2, 0.25) is 0 Å². The predicted octanol–water partition coefficient (Wildman–Crippen LogP) is 3.67. The third kappa shape index (κ3) is 20.1. The molecule has 11 unspecified atom stereocenters. The molecule has 11 atom stereocenters. The molecule has 14 heteroatoms. The van der Waals surface area contributed by atoms with Gasteiger partial charge in [0.05, 0.1) is 26.4 Å². The van der Waals surface area contributed by atoms with Crippen LogP contribution in [0.25, 0.3) is 0 Å². The highest BCUT2D eigenvalue weighted by Gasteiger charge is 2.47. The Bertz CT molecular complexity index is 1110. The van der Waals surface area contributed by atoms with Crippen LogP contribution in [0.4, 0.5) is 0 Å². The van der Waals surface area contributed by atoms with Crippen LogP contribution in [0.1, 0.15) is 110 Å². The molecule has 0 saturated carbocycles. The molecule has 2 fully saturated rings. The van der Waals surface area contributed by atoms with Gasteiger partial charge in [0, 0.05) is 13.0 Å². The van der Waals surface area contributed by atoms with Crippen molar-refractivity contribution in [2.45, 2.75) is 178 Å². The van der Waals surface area contributed by atoms with Gasteiger partial charge in [0.1, 0.15) is 54.9 Å². The molecule has 0 spiro atoms. The number of hydrogen-bond acceptors (Lipinski definition) is 14. The van der Waals surface area contributed by atoms with E-state index >= 15 is 0 Å². The molecule has 2 saturated heterocycles. The van der Waals surface area contributed by atoms with Crippen LogP contribution in [-0.2, 0) is 33.2 Å². The van der Waals surface area contributed by atoms with Crippen molar-refractivity contribution in [1.29, 1.82) is 0 Å². The fourth-order valence-electron chi connectivity index (χ4n) is 6.13. The monoisotopic (exact) mass is 800 g/mol. The maximum atomic E-state index is 12.5. The Morgan fingerprint density at radius 1 is 0.607 bits per heavy atom. The molecule has 324 valence electrons. The molecule has 7 N–H and O–H groups in total. The normalized spacial score (nSPS) is 29.3. The van der Waals surface area contributed by atoms with Crippen LogP contribution in [-0.4, -0.2) is 142 Å². The molecule has 0 bridgehead atoms. The maximum absolute atomic E-state index is 12.5. The maximum Gasteiger partial charge on any atom is 0.306 e. The van der Waals surface area contributed by atoms with Gasteiger partial charge < -0.3 is 64.2 Å². The van der Waals surface area contributed by atoms with Crippen molar-refractivity contribution >= 4 is 5.97 Å². The van der Waals surface area contributed by atoms with Gasteiger partial charge in [0.2, 0.25) is 0 Å². The number of aliphatic hydroxyl groups excluding tert-OH is 7. The fourth-order valence-corrected chi connectivity index (χ4v) is 6.13. The highest BCUT2D eigenvalue weighted by atomic mass is 16.7. The Hall–Kier alpha value is -2.05. The van der Waals surface area contributed by atoms with Gasteiger partial charge in [0.15, 0.2) is 12.6 Å². The van der Waals surface area contributed by atoms with Crippen LogP contribution in [0, 0.1) is 0 Å². The Kier molecular flexibility index (Phi) is 27.7. The van der Waals surface area contributed by atoms with Crippen molar-refractivity contribution in [3.8, 4) is 0 Å². The molecule has 0 aromatic carbocycles. The molecule has 2 heterocycles. The minimum absolute atomic E-state index is 0.0484. The van der Waals surface area contributed by atoms with E-state index in [-0.39, 0.29) is 19.6 Å². The Balaban J connectivity index is 1.67. The van der Waals surface area contributed by atoms with E-state index in [0.717, 1.165) is 57.8 Å². The summed E-state index contributed by atoms with van der Waals surface area (Å²) in [5.41, 5.74) is 0. The first-order chi connectivity index (χ1) is 27.1. The van der Waals surface area contributed by atoms with Gasteiger partial charge in [-0.05, 0) is 51.4 Å².